The molecule has 2 rings (SSSR count). The van der Waals surface area contributed by atoms with E-state index >= 15 is 0 Å². The minimum Gasteiger partial charge on any atom is -0.397 e. The van der Waals surface area contributed by atoms with Crippen molar-refractivity contribution in [2.24, 2.45) is 0 Å². The van der Waals surface area contributed by atoms with Crippen molar-refractivity contribution in [1.29, 1.82) is 0 Å². The maximum absolute atomic E-state index is 13.5. The van der Waals surface area contributed by atoms with Crippen LogP contribution in [-0.2, 0) is 0 Å². The zero-order valence-electron chi connectivity index (χ0n) is 9.71. The number of nitrogen functional groups attached to an aromatic ring is 1. The van der Waals surface area contributed by atoms with Gasteiger partial charge in [0.15, 0.2) is 0 Å². The van der Waals surface area contributed by atoms with Gasteiger partial charge in [-0.2, -0.15) is 0 Å². The van der Waals surface area contributed by atoms with E-state index < -0.39 is 0 Å². The van der Waals surface area contributed by atoms with E-state index in [-0.39, 0.29) is 5.82 Å². The highest BCUT2D eigenvalue weighted by molar-refractivity contribution is 14.1. The van der Waals surface area contributed by atoms with E-state index in [0.29, 0.717) is 14.9 Å². The first-order valence-electron chi connectivity index (χ1n) is 5.26. The van der Waals surface area contributed by atoms with Gasteiger partial charge in [-0.05, 0) is 47.0 Å². The smallest absolute Gasteiger partial charge is 0.138 e. The maximum atomic E-state index is 13.5. The monoisotopic (exact) mass is 374 g/mol. The Balaban J connectivity index is 2.37. The van der Waals surface area contributed by atoms with Crippen LogP contribution in [0.1, 0.15) is 0 Å². The lowest BCUT2D eigenvalue weighted by Crippen LogP contribution is -1.99. The zero-order chi connectivity index (χ0) is 13.1. The maximum Gasteiger partial charge on any atom is 0.138 e. The molecule has 0 atom stereocenters. The Bertz CT molecular complexity index is 575. The molecular formula is C13H12FIN2S. The molecule has 0 saturated heterocycles. The predicted molar refractivity (Wildman–Crippen MR) is 85.0 cm³/mol. The van der Waals surface area contributed by atoms with Crippen LogP contribution in [-0.4, -0.2) is 6.26 Å². The first-order chi connectivity index (χ1) is 8.61. The van der Waals surface area contributed by atoms with Crippen LogP contribution >= 0.6 is 34.4 Å². The summed E-state index contributed by atoms with van der Waals surface area (Å²) in [6.45, 7) is 0. The van der Waals surface area contributed by atoms with Gasteiger partial charge in [-0.15, -0.1) is 11.8 Å². The van der Waals surface area contributed by atoms with Gasteiger partial charge >= 0.3 is 0 Å². The highest BCUT2D eigenvalue weighted by atomic mass is 127. The van der Waals surface area contributed by atoms with Crippen LogP contribution < -0.4 is 11.1 Å². The highest BCUT2D eigenvalue weighted by Gasteiger charge is 2.07. The first-order valence-corrected chi connectivity index (χ1v) is 7.56. The molecule has 0 amide bonds. The fourth-order valence-corrected chi connectivity index (χ4v) is 2.61. The van der Waals surface area contributed by atoms with Crippen molar-refractivity contribution in [2.45, 2.75) is 4.90 Å². The van der Waals surface area contributed by atoms with Crippen LogP contribution in [0.4, 0.5) is 21.5 Å². The number of para-hydroxylation sites is 1. The highest BCUT2D eigenvalue weighted by Crippen LogP contribution is 2.31. The van der Waals surface area contributed by atoms with E-state index in [1.165, 1.54) is 6.07 Å². The number of hydrogen-bond donors (Lipinski definition) is 2. The second-order valence-electron chi connectivity index (χ2n) is 3.68. The molecule has 0 heterocycles. The normalized spacial score (nSPS) is 10.4. The molecule has 0 aliphatic carbocycles. The average molecular weight is 374 g/mol. The molecule has 0 aliphatic heterocycles. The van der Waals surface area contributed by atoms with Crippen LogP contribution in [0.15, 0.2) is 41.3 Å². The van der Waals surface area contributed by atoms with Crippen LogP contribution in [0.3, 0.4) is 0 Å². The van der Waals surface area contributed by atoms with Crippen LogP contribution in [0.2, 0.25) is 0 Å². The molecule has 0 spiro atoms. The Morgan fingerprint density at radius 3 is 2.67 bits per heavy atom. The Hall–Kier alpha value is -0.950. The molecule has 2 nitrogen and oxygen atoms in total. The molecule has 0 aliphatic rings. The lowest BCUT2D eigenvalue weighted by atomic mass is 10.2. The van der Waals surface area contributed by atoms with Gasteiger partial charge in [0.1, 0.15) is 5.82 Å². The number of rotatable bonds is 3. The number of anilines is 3. The summed E-state index contributed by atoms with van der Waals surface area (Å²) in [6.07, 6.45) is 2.00. The molecule has 0 unspecified atom stereocenters. The summed E-state index contributed by atoms with van der Waals surface area (Å²) >= 11 is 3.55. The Kier molecular flexibility index (Phi) is 4.34. The molecule has 0 saturated carbocycles. The molecule has 3 N–H and O–H groups in total. The lowest BCUT2D eigenvalue weighted by molar-refractivity contribution is 0.621. The van der Waals surface area contributed by atoms with Crippen molar-refractivity contribution in [2.75, 3.05) is 17.3 Å². The predicted octanol–water partition coefficient (Wildman–Crippen LogP) is 4.48. The zero-order valence-corrected chi connectivity index (χ0v) is 12.7. The van der Waals surface area contributed by atoms with Gasteiger partial charge in [-0.1, -0.05) is 12.1 Å². The SMILES string of the molecule is CSc1ccccc1Nc1cc(F)c(I)cc1N. The molecule has 94 valence electrons. The minimum absolute atomic E-state index is 0.270. The molecule has 0 radical (unpaired) electrons. The first kappa shape index (κ1) is 13.5. The molecule has 0 aromatic heterocycles. The van der Waals surface area contributed by atoms with Crippen LogP contribution in [0.5, 0.6) is 0 Å². The number of benzene rings is 2. The second-order valence-corrected chi connectivity index (χ2v) is 5.69. The van der Waals surface area contributed by atoms with Crippen molar-refractivity contribution in [3.63, 3.8) is 0 Å². The topological polar surface area (TPSA) is 38.0 Å². The second kappa shape index (κ2) is 5.79. The summed E-state index contributed by atoms with van der Waals surface area (Å²) in [6, 6.07) is 10.9. The number of halogens is 2. The molecule has 2 aromatic rings. The summed E-state index contributed by atoms with van der Waals surface area (Å²) in [7, 11) is 0. The van der Waals surface area contributed by atoms with Crippen molar-refractivity contribution in [1.82, 2.24) is 0 Å². The van der Waals surface area contributed by atoms with Gasteiger partial charge in [-0.3, -0.25) is 0 Å². The fourth-order valence-electron chi connectivity index (χ4n) is 1.56. The summed E-state index contributed by atoms with van der Waals surface area (Å²) in [5.41, 5.74) is 7.95. The van der Waals surface area contributed by atoms with Crippen molar-refractivity contribution >= 4 is 51.4 Å². The summed E-state index contributed by atoms with van der Waals surface area (Å²) < 4.78 is 14.1. The van der Waals surface area contributed by atoms with Gasteiger partial charge in [0.2, 0.25) is 0 Å². The molecule has 2 aromatic carbocycles. The number of thioether (sulfide) groups is 1. The van der Waals surface area contributed by atoms with E-state index in [9.17, 15) is 4.39 Å². The molecule has 18 heavy (non-hydrogen) atoms. The van der Waals surface area contributed by atoms with Crippen molar-refractivity contribution in [3.8, 4) is 0 Å². The molecular weight excluding hydrogens is 362 g/mol. The largest absolute Gasteiger partial charge is 0.397 e. The summed E-state index contributed by atoms with van der Waals surface area (Å²) in [4.78, 5) is 1.09. The Morgan fingerprint density at radius 2 is 1.94 bits per heavy atom. The third-order valence-electron chi connectivity index (χ3n) is 2.47. The van der Waals surface area contributed by atoms with Gasteiger partial charge < -0.3 is 11.1 Å². The fraction of sp³-hybridized carbons (Fsp3) is 0.0769. The lowest BCUT2D eigenvalue weighted by Gasteiger charge is -2.13. The van der Waals surface area contributed by atoms with Gasteiger partial charge in [0.25, 0.3) is 0 Å². The van der Waals surface area contributed by atoms with E-state index in [4.69, 9.17) is 5.73 Å². The number of nitrogens with two attached hydrogens (primary N) is 1. The molecule has 5 heteroatoms. The summed E-state index contributed by atoms with van der Waals surface area (Å²) in [5.74, 6) is -0.270. The van der Waals surface area contributed by atoms with E-state index in [0.717, 1.165) is 10.6 Å². The third-order valence-corrected chi connectivity index (χ3v) is 4.09. The van der Waals surface area contributed by atoms with E-state index in [1.807, 2.05) is 53.1 Å². The van der Waals surface area contributed by atoms with Crippen LogP contribution in [0, 0.1) is 9.39 Å². The number of hydrogen-bond acceptors (Lipinski definition) is 3. The summed E-state index contributed by atoms with van der Waals surface area (Å²) in [5, 5.41) is 3.17. The van der Waals surface area contributed by atoms with E-state index in [1.54, 1.807) is 17.8 Å². The standard InChI is InChI=1S/C13H12FIN2S/c1-18-13-5-3-2-4-11(13)17-12-6-8(14)9(15)7-10(12)16/h2-7,17H,16H2,1H3. The Morgan fingerprint density at radius 1 is 1.22 bits per heavy atom. The average Bonchev–Trinajstić information content (AvgIpc) is 2.36. The minimum atomic E-state index is -0.270. The third kappa shape index (κ3) is 2.89. The number of nitrogens with one attached hydrogen (secondary N) is 1. The van der Waals surface area contributed by atoms with Crippen molar-refractivity contribution < 1.29 is 4.39 Å². The van der Waals surface area contributed by atoms with E-state index in [2.05, 4.69) is 5.32 Å². The van der Waals surface area contributed by atoms with Gasteiger partial charge in [0, 0.05) is 11.0 Å². The molecule has 0 fully saturated rings. The van der Waals surface area contributed by atoms with Gasteiger partial charge in [0.05, 0.1) is 20.6 Å². The molecule has 0 bridgehead atoms. The van der Waals surface area contributed by atoms with Gasteiger partial charge in [-0.25, -0.2) is 4.39 Å². The quantitative estimate of drug-likeness (QED) is 0.473. The van der Waals surface area contributed by atoms with Crippen LogP contribution in [0.25, 0.3) is 0 Å². The van der Waals surface area contributed by atoms with Crippen molar-refractivity contribution in [3.05, 3.63) is 45.8 Å². The Labute approximate surface area is 123 Å².